The summed E-state index contributed by atoms with van der Waals surface area (Å²) in [6.45, 7) is 0. The molecule has 0 bridgehead atoms. The molecule has 0 aliphatic heterocycles. The van der Waals surface area contributed by atoms with Gasteiger partial charge >= 0.3 is 0 Å². The summed E-state index contributed by atoms with van der Waals surface area (Å²) in [5.74, 6) is 0. The summed E-state index contributed by atoms with van der Waals surface area (Å²) >= 11 is 0. The molecule has 1 nitrogen and oxygen atoms in total. The lowest BCUT2D eigenvalue weighted by molar-refractivity contribution is 1.28. The van der Waals surface area contributed by atoms with Gasteiger partial charge in [0.05, 0.1) is 5.69 Å². The number of rotatable bonds is 8. The normalized spacial score (nSPS) is 11.4. The molecule has 0 radical (unpaired) electrons. The Morgan fingerprint density at radius 1 is 0.200 bits per heavy atom. The van der Waals surface area contributed by atoms with E-state index in [9.17, 15) is 0 Å². The highest BCUT2D eigenvalue weighted by Crippen LogP contribution is 2.44. The van der Waals surface area contributed by atoms with Crippen LogP contribution in [0.2, 0.25) is 0 Å². The van der Waals surface area contributed by atoms with Crippen LogP contribution in [0.4, 0.5) is 17.1 Å². The number of fused-ring (bicyclic) bond motifs is 5. The van der Waals surface area contributed by atoms with Crippen molar-refractivity contribution in [3.8, 4) is 55.6 Å². The summed E-state index contributed by atoms with van der Waals surface area (Å²) in [6, 6.07) is 95.4. The molecule has 0 amide bonds. The lowest BCUT2D eigenvalue weighted by atomic mass is 9.95. The zero-order valence-corrected chi connectivity index (χ0v) is 35.8. The molecule has 0 saturated heterocycles. The first-order valence-corrected chi connectivity index (χ1v) is 22.4. The van der Waals surface area contributed by atoms with Gasteiger partial charge in [0.25, 0.3) is 0 Å². The Hall–Kier alpha value is -8.52. The van der Waals surface area contributed by atoms with Gasteiger partial charge in [-0.25, -0.2) is 0 Å². The molecule has 0 heterocycles. The molecular weight excluding hydrogens is 783 g/mol. The second kappa shape index (κ2) is 16.3. The fourth-order valence-corrected chi connectivity index (χ4v) is 9.67. The average molecular weight is 826 g/mol. The molecule has 1 heteroatoms. The first-order chi connectivity index (χ1) is 32.2. The van der Waals surface area contributed by atoms with E-state index in [1.54, 1.807) is 0 Å². The highest BCUT2D eigenvalue weighted by Gasteiger charge is 2.20. The average Bonchev–Trinajstić information content (AvgIpc) is 3.39. The van der Waals surface area contributed by atoms with Crippen LogP contribution in [0.1, 0.15) is 0 Å². The van der Waals surface area contributed by atoms with Gasteiger partial charge in [0, 0.05) is 16.9 Å². The maximum Gasteiger partial charge on any atom is 0.0546 e. The molecule has 304 valence electrons. The number of hydrogen-bond donors (Lipinski definition) is 0. The van der Waals surface area contributed by atoms with E-state index in [0.717, 1.165) is 22.6 Å². The van der Waals surface area contributed by atoms with Gasteiger partial charge in [0.15, 0.2) is 0 Å². The molecule has 65 heavy (non-hydrogen) atoms. The topological polar surface area (TPSA) is 3.24 Å². The van der Waals surface area contributed by atoms with Crippen molar-refractivity contribution < 1.29 is 0 Å². The molecule has 0 atom stereocenters. The van der Waals surface area contributed by atoms with Gasteiger partial charge < -0.3 is 4.90 Å². The zero-order valence-electron chi connectivity index (χ0n) is 35.8. The van der Waals surface area contributed by atoms with Crippen LogP contribution in [0, 0.1) is 0 Å². The van der Waals surface area contributed by atoms with Crippen molar-refractivity contribution >= 4 is 60.2 Å². The Labute approximate surface area is 379 Å². The van der Waals surface area contributed by atoms with E-state index in [0.29, 0.717) is 0 Å². The summed E-state index contributed by atoms with van der Waals surface area (Å²) in [5.41, 5.74) is 15.2. The molecule has 0 aliphatic rings. The van der Waals surface area contributed by atoms with Crippen molar-refractivity contribution in [1.82, 2.24) is 0 Å². The van der Waals surface area contributed by atoms with Gasteiger partial charge in [-0.1, -0.05) is 218 Å². The van der Waals surface area contributed by atoms with E-state index in [-0.39, 0.29) is 0 Å². The third-order valence-corrected chi connectivity index (χ3v) is 13.1. The maximum atomic E-state index is 2.43. The monoisotopic (exact) mass is 825 g/mol. The van der Waals surface area contributed by atoms with Crippen molar-refractivity contribution in [2.75, 3.05) is 4.90 Å². The van der Waals surface area contributed by atoms with E-state index in [1.165, 1.54) is 93.2 Å². The lowest BCUT2D eigenvalue weighted by Gasteiger charge is -2.29. The van der Waals surface area contributed by atoms with Gasteiger partial charge in [0.2, 0.25) is 0 Å². The molecule has 0 aromatic heterocycles. The van der Waals surface area contributed by atoms with E-state index in [2.05, 4.69) is 266 Å². The van der Waals surface area contributed by atoms with Crippen LogP contribution in [0.15, 0.2) is 261 Å². The van der Waals surface area contributed by atoms with Crippen molar-refractivity contribution in [3.63, 3.8) is 0 Å². The summed E-state index contributed by atoms with van der Waals surface area (Å²) in [7, 11) is 0. The smallest absolute Gasteiger partial charge is 0.0546 e. The molecule has 0 unspecified atom stereocenters. The Morgan fingerprint density at radius 3 is 1.37 bits per heavy atom. The molecule has 0 fully saturated rings. The Kier molecular flexibility index (Phi) is 9.58. The van der Waals surface area contributed by atoms with Crippen LogP contribution >= 0.6 is 0 Å². The van der Waals surface area contributed by atoms with Gasteiger partial charge in [0.1, 0.15) is 0 Å². The van der Waals surface area contributed by atoms with Crippen LogP contribution in [-0.4, -0.2) is 0 Å². The predicted molar refractivity (Wildman–Crippen MR) is 278 cm³/mol. The summed E-state index contributed by atoms with van der Waals surface area (Å²) in [4.78, 5) is 2.43. The highest BCUT2D eigenvalue weighted by atomic mass is 15.1. The largest absolute Gasteiger partial charge is 0.310 e. The molecule has 0 spiro atoms. The quantitative estimate of drug-likeness (QED) is 0.138. The van der Waals surface area contributed by atoms with E-state index in [1.807, 2.05) is 0 Å². The van der Waals surface area contributed by atoms with E-state index < -0.39 is 0 Å². The Bertz CT molecular complexity index is 3670. The molecule has 0 N–H and O–H groups in total. The lowest BCUT2D eigenvalue weighted by Crippen LogP contribution is -2.11. The van der Waals surface area contributed by atoms with Crippen LogP contribution in [0.25, 0.3) is 98.7 Å². The Balaban J connectivity index is 0.967. The molecule has 12 rings (SSSR count). The second-order valence-corrected chi connectivity index (χ2v) is 16.9. The minimum Gasteiger partial charge on any atom is -0.310 e. The number of benzene rings is 12. The summed E-state index contributed by atoms with van der Waals surface area (Å²) in [6.07, 6.45) is 0. The van der Waals surface area contributed by atoms with Crippen molar-refractivity contribution in [2.45, 2.75) is 0 Å². The third kappa shape index (κ3) is 7.20. The van der Waals surface area contributed by atoms with E-state index >= 15 is 0 Å². The SMILES string of the molecule is c1ccc(-c2ccc(-c3ccc4ccccc4c3)cc2N(c2ccc(-c3ccc(-c4cccc5ccccc45)cc3)cc2)c2ccc(-c3ccc4c(ccc5ccccc54)c3)cc2)cc1. The first kappa shape index (κ1) is 38.2. The van der Waals surface area contributed by atoms with Crippen molar-refractivity contribution in [2.24, 2.45) is 0 Å². The minimum atomic E-state index is 1.08. The van der Waals surface area contributed by atoms with Gasteiger partial charge in [-0.05, 0) is 136 Å². The number of hydrogen-bond acceptors (Lipinski definition) is 1. The fraction of sp³-hybridized carbons (Fsp3) is 0. The minimum absolute atomic E-state index is 1.08. The van der Waals surface area contributed by atoms with Crippen molar-refractivity contribution in [3.05, 3.63) is 261 Å². The zero-order chi connectivity index (χ0) is 43.1. The van der Waals surface area contributed by atoms with Crippen LogP contribution in [0.3, 0.4) is 0 Å². The van der Waals surface area contributed by atoms with Crippen molar-refractivity contribution in [1.29, 1.82) is 0 Å². The van der Waals surface area contributed by atoms with Crippen LogP contribution in [0.5, 0.6) is 0 Å². The molecule has 12 aromatic rings. The third-order valence-electron chi connectivity index (χ3n) is 13.1. The highest BCUT2D eigenvalue weighted by molar-refractivity contribution is 6.08. The maximum absolute atomic E-state index is 2.43. The second-order valence-electron chi connectivity index (χ2n) is 16.9. The van der Waals surface area contributed by atoms with Crippen LogP contribution < -0.4 is 4.90 Å². The Morgan fingerprint density at radius 2 is 0.631 bits per heavy atom. The molecule has 0 aliphatic carbocycles. The van der Waals surface area contributed by atoms with Gasteiger partial charge in [-0.2, -0.15) is 0 Å². The summed E-state index contributed by atoms with van der Waals surface area (Å²) in [5, 5.41) is 10.1. The van der Waals surface area contributed by atoms with Gasteiger partial charge in [-0.15, -0.1) is 0 Å². The molecule has 12 aromatic carbocycles. The standard InChI is InChI=1S/C64H43N/c1-2-12-49(13-3-1)63-40-34-55(54-27-23-44-11-4-5-16-52(44)41-54)43-64(63)65(58-37-31-47(32-38-58)53-33-39-62-56(42-53)28-26-50-15-7-9-19-60(50)62)57-35-29-46(30-36-57)45-21-24-51(25-22-45)61-20-10-17-48-14-6-8-18-59(48)61/h1-43H. The van der Waals surface area contributed by atoms with Gasteiger partial charge in [-0.3, -0.25) is 0 Å². The molecule has 0 saturated carbocycles. The van der Waals surface area contributed by atoms with E-state index in [4.69, 9.17) is 0 Å². The summed E-state index contributed by atoms with van der Waals surface area (Å²) < 4.78 is 0. The molecular formula is C64H43N. The first-order valence-electron chi connectivity index (χ1n) is 22.4. The van der Waals surface area contributed by atoms with Crippen LogP contribution in [-0.2, 0) is 0 Å². The number of nitrogens with zero attached hydrogens (tertiary/aromatic N) is 1. The number of anilines is 3. The fourth-order valence-electron chi connectivity index (χ4n) is 9.67. The predicted octanol–water partition coefficient (Wildman–Crippen LogP) is 18.1.